The number of aromatic nitrogens is 1. The molecule has 0 fully saturated rings. The predicted octanol–water partition coefficient (Wildman–Crippen LogP) is 1.57. The number of hydrogen-bond donors (Lipinski definition) is 1. The van der Waals surface area contributed by atoms with E-state index >= 15 is 0 Å². The van der Waals surface area contributed by atoms with Gasteiger partial charge in [-0.25, -0.2) is 8.42 Å². The van der Waals surface area contributed by atoms with Crippen LogP contribution in [0.15, 0.2) is 46.0 Å². The number of carbonyl (C=O) groups excluding carboxylic acids is 1. The number of benzene rings is 1. The van der Waals surface area contributed by atoms with E-state index < -0.39 is 15.8 Å². The molecular weight excluding hydrogens is 280 g/mol. The first-order valence-corrected chi connectivity index (χ1v) is 7.76. The minimum Gasteiger partial charge on any atom is -0.363 e. The van der Waals surface area contributed by atoms with Crippen molar-refractivity contribution in [3.63, 3.8) is 0 Å². The molecule has 7 heteroatoms. The molecule has 104 valence electrons. The number of anilines is 1. The molecule has 0 radical (unpaired) electrons. The zero-order valence-electron chi connectivity index (χ0n) is 10.4. The van der Waals surface area contributed by atoms with E-state index in [-0.39, 0.29) is 23.0 Å². The van der Waals surface area contributed by atoms with Crippen molar-refractivity contribution in [3.8, 4) is 0 Å². The van der Waals surface area contributed by atoms with Gasteiger partial charge in [-0.1, -0.05) is 23.4 Å². The molecule has 0 aliphatic carbocycles. The third kappa shape index (κ3) is 2.20. The SMILES string of the molecule is O=C(Nc1ccon1)C1CCS(=O)(=O)c2ccccc21. The Hall–Kier alpha value is -2.15. The van der Waals surface area contributed by atoms with Gasteiger partial charge >= 0.3 is 0 Å². The maximum absolute atomic E-state index is 12.3. The van der Waals surface area contributed by atoms with Gasteiger partial charge in [0.15, 0.2) is 15.7 Å². The number of nitrogens with one attached hydrogen (secondary N) is 1. The van der Waals surface area contributed by atoms with Crippen molar-refractivity contribution in [2.45, 2.75) is 17.2 Å². The van der Waals surface area contributed by atoms with E-state index in [9.17, 15) is 13.2 Å². The van der Waals surface area contributed by atoms with E-state index in [1.54, 1.807) is 24.3 Å². The summed E-state index contributed by atoms with van der Waals surface area (Å²) in [5.74, 6) is -0.477. The van der Waals surface area contributed by atoms with Gasteiger partial charge in [0.1, 0.15) is 6.26 Å². The Labute approximate surface area is 115 Å². The maximum atomic E-state index is 12.3. The number of rotatable bonds is 2. The van der Waals surface area contributed by atoms with Gasteiger partial charge in [0.25, 0.3) is 0 Å². The summed E-state index contributed by atoms with van der Waals surface area (Å²) in [6.07, 6.45) is 1.62. The average Bonchev–Trinajstić information content (AvgIpc) is 2.92. The molecule has 1 aromatic carbocycles. The first-order chi connectivity index (χ1) is 9.58. The Kier molecular flexibility index (Phi) is 3.06. The second-order valence-corrected chi connectivity index (χ2v) is 6.65. The van der Waals surface area contributed by atoms with Crippen molar-refractivity contribution in [2.24, 2.45) is 0 Å². The summed E-state index contributed by atoms with van der Waals surface area (Å²) in [4.78, 5) is 12.5. The van der Waals surface area contributed by atoms with E-state index in [1.165, 1.54) is 12.3 Å². The van der Waals surface area contributed by atoms with Gasteiger partial charge in [-0.3, -0.25) is 4.79 Å². The van der Waals surface area contributed by atoms with E-state index in [4.69, 9.17) is 0 Å². The van der Waals surface area contributed by atoms with Gasteiger partial charge in [0, 0.05) is 6.07 Å². The van der Waals surface area contributed by atoms with Crippen LogP contribution in [0.2, 0.25) is 0 Å². The molecule has 0 spiro atoms. The summed E-state index contributed by atoms with van der Waals surface area (Å²) in [7, 11) is -3.28. The average molecular weight is 292 g/mol. The van der Waals surface area contributed by atoms with E-state index in [1.807, 2.05) is 0 Å². The molecular formula is C13H12N2O4S. The van der Waals surface area contributed by atoms with Crippen molar-refractivity contribution in [2.75, 3.05) is 11.1 Å². The quantitative estimate of drug-likeness (QED) is 0.907. The first-order valence-electron chi connectivity index (χ1n) is 6.11. The van der Waals surface area contributed by atoms with Crippen LogP contribution in [0.5, 0.6) is 0 Å². The molecule has 0 bridgehead atoms. The molecule has 3 rings (SSSR count). The van der Waals surface area contributed by atoms with Crippen molar-refractivity contribution < 1.29 is 17.7 Å². The van der Waals surface area contributed by atoms with Crippen LogP contribution in [0.25, 0.3) is 0 Å². The van der Waals surface area contributed by atoms with Gasteiger partial charge in [0.05, 0.1) is 16.6 Å². The molecule has 1 atom stereocenters. The summed E-state index contributed by atoms with van der Waals surface area (Å²) in [5, 5.41) is 6.23. The molecule has 1 aliphatic rings. The van der Waals surface area contributed by atoms with Gasteiger partial charge in [-0.15, -0.1) is 0 Å². The molecule has 1 aliphatic heterocycles. The minimum absolute atomic E-state index is 0.0269. The second-order valence-electron chi connectivity index (χ2n) is 4.57. The van der Waals surface area contributed by atoms with Crippen LogP contribution in [-0.2, 0) is 14.6 Å². The largest absolute Gasteiger partial charge is 0.363 e. The highest BCUT2D eigenvalue weighted by Crippen LogP contribution is 2.34. The summed E-state index contributed by atoms with van der Waals surface area (Å²) in [5.41, 5.74) is 0.541. The Morgan fingerprint density at radius 2 is 2.10 bits per heavy atom. The van der Waals surface area contributed by atoms with Crippen LogP contribution in [0.3, 0.4) is 0 Å². The predicted molar refractivity (Wildman–Crippen MR) is 71.0 cm³/mol. The molecule has 6 nitrogen and oxygen atoms in total. The van der Waals surface area contributed by atoms with Crippen molar-refractivity contribution in [1.29, 1.82) is 0 Å². The zero-order valence-corrected chi connectivity index (χ0v) is 11.3. The Balaban J connectivity index is 1.94. The lowest BCUT2D eigenvalue weighted by molar-refractivity contribution is -0.117. The summed E-state index contributed by atoms with van der Waals surface area (Å²) < 4.78 is 28.6. The Morgan fingerprint density at radius 3 is 2.85 bits per heavy atom. The van der Waals surface area contributed by atoms with E-state index in [0.29, 0.717) is 11.4 Å². The standard InChI is InChI=1S/C13H12N2O4S/c16-13(14-12-5-7-19-15-12)10-6-8-20(17,18)11-4-2-1-3-9(10)11/h1-5,7,10H,6,8H2,(H,14,15,16). The molecule has 1 aromatic heterocycles. The lowest BCUT2D eigenvalue weighted by atomic mass is 9.95. The van der Waals surface area contributed by atoms with Crippen molar-refractivity contribution in [1.82, 2.24) is 5.16 Å². The fraction of sp³-hybridized carbons (Fsp3) is 0.231. The fourth-order valence-electron chi connectivity index (χ4n) is 2.35. The fourth-order valence-corrected chi connectivity index (χ4v) is 3.97. The van der Waals surface area contributed by atoms with Gasteiger partial charge in [-0.05, 0) is 18.1 Å². The summed E-state index contributed by atoms with van der Waals surface area (Å²) >= 11 is 0. The third-order valence-corrected chi connectivity index (χ3v) is 5.13. The topological polar surface area (TPSA) is 89.3 Å². The summed E-state index contributed by atoms with van der Waals surface area (Å²) in [6, 6.07) is 8.15. The Morgan fingerprint density at radius 1 is 1.30 bits per heavy atom. The molecule has 0 saturated heterocycles. The number of fused-ring (bicyclic) bond motifs is 1. The van der Waals surface area contributed by atoms with Gasteiger partial charge < -0.3 is 9.84 Å². The van der Waals surface area contributed by atoms with Crippen LogP contribution < -0.4 is 5.32 Å². The minimum atomic E-state index is -3.28. The molecule has 1 unspecified atom stereocenters. The third-order valence-electron chi connectivity index (χ3n) is 3.31. The number of sulfone groups is 1. The molecule has 2 heterocycles. The van der Waals surface area contributed by atoms with Gasteiger partial charge in [-0.2, -0.15) is 0 Å². The highest BCUT2D eigenvalue weighted by atomic mass is 32.2. The van der Waals surface area contributed by atoms with Crippen LogP contribution in [0.1, 0.15) is 17.9 Å². The van der Waals surface area contributed by atoms with E-state index in [2.05, 4.69) is 15.0 Å². The normalized spacial score (nSPS) is 20.1. The molecule has 1 N–H and O–H groups in total. The highest BCUT2D eigenvalue weighted by Gasteiger charge is 2.34. The lowest BCUT2D eigenvalue weighted by Gasteiger charge is -2.24. The van der Waals surface area contributed by atoms with Crippen LogP contribution in [-0.4, -0.2) is 25.2 Å². The van der Waals surface area contributed by atoms with Crippen LogP contribution in [0, 0.1) is 0 Å². The number of carbonyl (C=O) groups is 1. The lowest BCUT2D eigenvalue weighted by Crippen LogP contribution is -2.29. The monoisotopic (exact) mass is 292 g/mol. The first kappa shape index (κ1) is 12.9. The molecule has 2 aromatic rings. The number of nitrogens with zero attached hydrogens (tertiary/aromatic N) is 1. The number of amides is 1. The number of hydrogen-bond acceptors (Lipinski definition) is 5. The van der Waals surface area contributed by atoms with Crippen LogP contribution >= 0.6 is 0 Å². The second kappa shape index (κ2) is 4.75. The highest BCUT2D eigenvalue weighted by molar-refractivity contribution is 7.91. The van der Waals surface area contributed by atoms with Crippen molar-refractivity contribution >= 4 is 21.6 Å². The molecule has 1 amide bonds. The van der Waals surface area contributed by atoms with E-state index in [0.717, 1.165) is 0 Å². The van der Waals surface area contributed by atoms with Crippen molar-refractivity contribution in [3.05, 3.63) is 42.2 Å². The van der Waals surface area contributed by atoms with Crippen LogP contribution in [0.4, 0.5) is 5.82 Å². The van der Waals surface area contributed by atoms with Gasteiger partial charge in [0.2, 0.25) is 5.91 Å². The summed E-state index contributed by atoms with van der Waals surface area (Å²) in [6.45, 7) is 0. The smallest absolute Gasteiger partial charge is 0.233 e. The molecule has 0 saturated carbocycles. The zero-order chi connectivity index (χ0) is 14.2. The maximum Gasteiger partial charge on any atom is 0.233 e. The molecule has 20 heavy (non-hydrogen) atoms. The Bertz CT molecular complexity index is 737.